The standard InChI is InChI=1S/C21H22F3N5/c22-21(23,24)18-12-26-20(29-19(18)27-16-7-3-6-15(25)11-16)28-17-9-8-13-4-1-2-5-14(13)10-17/h1-2,4-5,8-10,12,15-16H,3,6-7,11,25H2,(H2,26,27,28,29). The van der Waals surface area contributed by atoms with E-state index in [9.17, 15) is 13.2 Å². The van der Waals surface area contributed by atoms with Crippen LogP contribution >= 0.6 is 0 Å². The van der Waals surface area contributed by atoms with Crippen molar-refractivity contribution >= 4 is 28.2 Å². The molecule has 29 heavy (non-hydrogen) atoms. The molecule has 2 aromatic carbocycles. The Kier molecular flexibility index (Phi) is 5.27. The van der Waals surface area contributed by atoms with E-state index in [-0.39, 0.29) is 23.8 Å². The molecule has 0 saturated heterocycles. The molecule has 0 aliphatic heterocycles. The van der Waals surface area contributed by atoms with Crippen molar-refractivity contribution in [3.8, 4) is 0 Å². The summed E-state index contributed by atoms with van der Waals surface area (Å²) in [6.45, 7) is 0. The Morgan fingerprint density at radius 3 is 2.59 bits per heavy atom. The Morgan fingerprint density at radius 1 is 1.03 bits per heavy atom. The summed E-state index contributed by atoms with van der Waals surface area (Å²) >= 11 is 0. The van der Waals surface area contributed by atoms with Gasteiger partial charge in [-0.15, -0.1) is 0 Å². The predicted molar refractivity (Wildman–Crippen MR) is 108 cm³/mol. The van der Waals surface area contributed by atoms with E-state index in [1.165, 1.54) is 0 Å². The SMILES string of the molecule is NC1CCCC(Nc2nc(Nc3ccc4ccccc4c3)ncc2C(F)(F)F)C1. The number of benzene rings is 2. The minimum Gasteiger partial charge on any atom is -0.367 e. The first kappa shape index (κ1) is 19.4. The van der Waals surface area contributed by atoms with Crippen LogP contribution in [0.4, 0.5) is 30.6 Å². The third-order valence-electron chi connectivity index (χ3n) is 5.16. The van der Waals surface area contributed by atoms with Crippen molar-refractivity contribution < 1.29 is 13.2 Å². The number of nitrogens with two attached hydrogens (primary N) is 1. The molecule has 1 saturated carbocycles. The number of aromatic nitrogens is 2. The van der Waals surface area contributed by atoms with Gasteiger partial charge >= 0.3 is 6.18 Å². The van der Waals surface area contributed by atoms with Gasteiger partial charge in [0.05, 0.1) is 0 Å². The quantitative estimate of drug-likeness (QED) is 0.569. The van der Waals surface area contributed by atoms with Crippen molar-refractivity contribution in [2.75, 3.05) is 10.6 Å². The Bertz CT molecular complexity index is 1010. The van der Waals surface area contributed by atoms with Crippen LogP contribution in [0.25, 0.3) is 10.8 Å². The zero-order valence-corrected chi connectivity index (χ0v) is 15.7. The molecule has 2 atom stereocenters. The third-order valence-corrected chi connectivity index (χ3v) is 5.16. The van der Waals surface area contributed by atoms with E-state index in [1.54, 1.807) is 0 Å². The van der Waals surface area contributed by atoms with Gasteiger partial charge in [0, 0.05) is 24.0 Å². The first-order valence-corrected chi connectivity index (χ1v) is 9.61. The van der Waals surface area contributed by atoms with Crippen LogP contribution in [0.1, 0.15) is 31.2 Å². The minimum atomic E-state index is -4.54. The average molecular weight is 401 g/mol. The molecule has 1 aliphatic carbocycles. The Hall–Kier alpha value is -2.87. The van der Waals surface area contributed by atoms with Crippen molar-refractivity contribution in [3.63, 3.8) is 0 Å². The largest absolute Gasteiger partial charge is 0.421 e. The number of hydrogen-bond acceptors (Lipinski definition) is 5. The highest BCUT2D eigenvalue weighted by atomic mass is 19.4. The first-order chi connectivity index (χ1) is 13.9. The van der Waals surface area contributed by atoms with Crippen molar-refractivity contribution in [2.24, 2.45) is 5.73 Å². The van der Waals surface area contributed by atoms with Gasteiger partial charge in [-0.1, -0.05) is 30.3 Å². The lowest BCUT2D eigenvalue weighted by Gasteiger charge is -2.28. The second-order valence-electron chi connectivity index (χ2n) is 7.41. The van der Waals surface area contributed by atoms with Gasteiger partial charge in [-0.05, 0) is 48.6 Å². The molecular formula is C21H22F3N5. The number of fused-ring (bicyclic) bond motifs is 1. The Balaban J connectivity index is 1.61. The molecule has 5 nitrogen and oxygen atoms in total. The van der Waals surface area contributed by atoms with Crippen molar-refractivity contribution in [1.29, 1.82) is 0 Å². The number of nitrogens with one attached hydrogen (secondary N) is 2. The van der Waals surface area contributed by atoms with Crippen LogP contribution in [0.3, 0.4) is 0 Å². The van der Waals surface area contributed by atoms with E-state index in [0.717, 1.165) is 36.2 Å². The summed E-state index contributed by atoms with van der Waals surface area (Å²) in [6, 6.07) is 13.4. The molecule has 1 heterocycles. The normalized spacial score (nSPS) is 19.9. The lowest BCUT2D eigenvalue weighted by Crippen LogP contribution is -2.35. The summed E-state index contributed by atoms with van der Waals surface area (Å²) in [7, 11) is 0. The molecule has 1 aliphatic rings. The van der Waals surface area contributed by atoms with Crippen LogP contribution in [-0.2, 0) is 6.18 Å². The first-order valence-electron chi connectivity index (χ1n) is 9.61. The summed E-state index contributed by atoms with van der Waals surface area (Å²) in [4.78, 5) is 8.02. The molecule has 152 valence electrons. The van der Waals surface area contributed by atoms with E-state index < -0.39 is 11.7 Å². The number of anilines is 3. The highest BCUT2D eigenvalue weighted by Gasteiger charge is 2.36. The van der Waals surface area contributed by atoms with Gasteiger partial charge in [0.1, 0.15) is 11.4 Å². The smallest absolute Gasteiger partial charge is 0.367 e. The fourth-order valence-electron chi connectivity index (χ4n) is 3.71. The summed E-state index contributed by atoms with van der Waals surface area (Å²) in [5.41, 5.74) is 5.80. The van der Waals surface area contributed by atoms with Gasteiger partial charge in [0.15, 0.2) is 0 Å². The summed E-state index contributed by atoms with van der Waals surface area (Å²) in [5.74, 6) is -0.106. The minimum absolute atomic E-state index is 0.00683. The maximum atomic E-state index is 13.4. The summed E-state index contributed by atoms with van der Waals surface area (Å²) in [6.07, 6.45) is -0.560. The molecule has 1 fully saturated rings. The van der Waals surface area contributed by atoms with Crippen molar-refractivity contribution in [3.05, 3.63) is 54.2 Å². The number of nitrogens with zero attached hydrogens (tertiary/aromatic N) is 2. The fraction of sp³-hybridized carbons (Fsp3) is 0.333. The van der Waals surface area contributed by atoms with Gasteiger partial charge in [-0.3, -0.25) is 0 Å². The van der Waals surface area contributed by atoms with Gasteiger partial charge in [0.2, 0.25) is 5.95 Å². The maximum absolute atomic E-state index is 13.4. The molecule has 4 N–H and O–H groups in total. The molecule has 0 amide bonds. The molecule has 1 aromatic heterocycles. The van der Waals surface area contributed by atoms with Gasteiger partial charge in [0.25, 0.3) is 0 Å². The Labute approximate surface area is 166 Å². The summed E-state index contributed by atoms with van der Waals surface area (Å²) in [5, 5.41) is 8.04. The number of hydrogen-bond donors (Lipinski definition) is 3. The van der Waals surface area contributed by atoms with E-state index in [2.05, 4.69) is 20.6 Å². The molecule has 0 bridgehead atoms. The average Bonchev–Trinajstić information content (AvgIpc) is 2.67. The van der Waals surface area contributed by atoms with Crippen LogP contribution in [0.15, 0.2) is 48.7 Å². The number of rotatable bonds is 4. The topological polar surface area (TPSA) is 75.9 Å². The van der Waals surface area contributed by atoms with Crippen LogP contribution in [0.5, 0.6) is 0 Å². The third kappa shape index (κ3) is 4.59. The molecule has 8 heteroatoms. The fourth-order valence-corrected chi connectivity index (χ4v) is 3.71. The van der Waals surface area contributed by atoms with Crippen molar-refractivity contribution in [2.45, 2.75) is 43.9 Å². The molecular weight excluding hydrogens is 379 g/mol. The lowest BCUT2D eigenvalue weighted by molar-refractivity contribution is -0.137. The van der Waals surface area contributed by atoms with E-state index in [4.69, 9.17) is 5.73 Å². The second-order valence-corrected chi connectivity index (χ2v) is 7.41. The van der Waals surface area contributed by atoms with Crippen LogP contribution < -0.4 is 16.4 Å². The molecule has 4 rings (SSSR count). The van der Waals surface area contributed by atoms with Crippen molar-refractivity contribution in [1.82, 2.24) is 9.97 Å². The van der Waals surface area contributed by atoms with Crippen LogP contribution in [-0.4, -0.2) is 22.1 Å². The molecule has 0 radical (unpaired) electrons. The molecule has 2 unspecified atom stereocenters. The molecule has 3 aromatic rings. The zero-order chi connectivity index (χ0) is 20.4. The van der Waals surface area contributed by atoms with Crippen LogP contribution in [0, 0.1) is 0 Å². The zero-order valence-electron chi connectivity index (χ0n) is 15.7. The molecule has 0 spiro atoms. The summed E-state index contributed by atoms with van der Waals surface area (Å²) < 4.78 is 40.3. The van der Waals surface area contributed by atoms with Gasteiger partial charge in [-0.2, -0.15) is 18.2 Å². The lowest BCUT2D eigenvalue weighted by atomic mass is 9.91. The van der Waals surface area contributed by atoms with E-state index in [0.29, 0.717) is 12.1 Å². The number of alkyl halides is 3. The second kappa shape index (κ2) is 7.87. The highest BCUT2D eigenvalue weighted by Crippen LogP contribution is 2.35. The number of halogens is 3. The predicted octanol–water partition coefficient (Wildman–Crippen LogP) is 5.07. The monoisotopic (exact) mass is 401 g/mol. The van der Waals surface area contributed by atoms with Gasteiger partial charge in [-0.25, -0.2) is 4.98 Å². The van der Waals surface area contributed by atoms with Gasteiger partial charge < -0.3 is 16.4 Å². The highest BCUT2D eigenvalue weighted by molar-refractivity contribution is 5.86. The van der Waals surface area contributed by atoms with E-state index in [1.807, 2.05) is 42.5 Å². The van der Waals surface area contributed by atoms with E-state index >= 15 is 0 Å². The Morgan fingerprint density at radius 2 is 1.83 bits per heavy atom. The maximum Gasteiger partial charge on any atom is 0.421 e. The van der Waals surface area contributed by atoms with Crippen LogP contribution in [0.2, 0.25) is 0 Å².